The summed E-state index contributed by atoms with van der Waals surface area (Å²) in [6, 6.07) is 29.6. The summed E-state index contributed by atoms with van der Waals surface area (Å²) in [4.78, 5) is 16.8. The van der Waals surface area contributed by atoms with Crippen molar-refractivity contribution in [1.82, 2.24) is 19.1 Å². The second-order valence-electron chi connectivity index (χ2n) is 12.9. The van der Waals surface area contributed by atoms with Crippen LogP contribution >= 0.6 is 0 Å². The number of para-hydroxylation sites is 1. The Balaban J connectivity index is 0.00000432. The molecule has 244 valence electrons. The molecule has 9 heteroatoms. The zero-order valence-corrected chi connectivity index (χ0v) is 30.2. The molecule has 7 rings (SSSR count). The third-order valence-electron chi connectivity index (χ3n) is 8.57. The van der Waals surface area contributed by atoms with E-state index < -0.39 is 0 Å². The van der Waals surface area contributed by atoms with Crippen molar-refractivity contribution in [3.05, 3.63) is 143 Å². The first-order valence-corrected chi connectivity index (χ1v) is 15.6. The van der Waals surface area contributed by atoms with E-state index in [9.17, 15) is 5.26 Å². The molecule has 0 spiro atoms. The van der Waals surface area contributed by atoms with E-state index in [4.69, 9.17) is 22.9 Å². The van der Waals surface area contributed by atoms with Crippen molar-refractivity contribution < 1.29 is 25.8 Å². The Labute approximate surface area is 305 Å². The quantitative estimate of drug-likeness (QED) is 0.162. The molecule has 0 aliphatic heterocycles. The maximum atomic E-state index is 9.68. The molecular weight excluding hydrogens is 802 g/mol. The van der Waals surface area contributed by atoms with Crippen molar-refractivity contribution in [3.63, 3.8) is 0 Å². The molecule has 0 amide bonds. The molecule has 50 heavy (non-hydrogen) atoms. The van der Waals surface area contributed by atoms with Crippen molar-refractivity contribution in [1.29, 1.82) is 5.26 Å². The Morgan fingerprint density at radius 3 is 2.38 bits per heavy atom. The Kier molecular flexibility index (Phi) is 8.90. The normalized spacial score (nSPS) is 11.1. The van der Waals surface area contributed by atoms with Crippen LogP contribution in [-0.4, -0.2) is 19.1 Å². The van der Waals surface area contributed by atoms with Crippen LogP contribution in [0.4, 0.5) is 11.4 Å². The van der Waals surface area contributed by atoms with Gasteiger partial charge in [-0.25, -0.2) is 9.83 Å². The fraction of sp³-hybridized carbons (Fsp3) is 0.146. The summed E-state index contributed by atoms with van der Waals surface area (Å²) in [6.45, 7) is 26.4. The number of fused-ring (bicyclic) bond motifs is 3. The van der Waals surface area contributed by atoms with Crippen molar-refractivity contribution in [2.24, 2.45) is 0 Å². The van der Waals surface area contributed by atoms with Crippen LogP contribution in [-0.2, 0) is 26.5 Å². The van der Waals surface area contributed by atoms with Crippen LogP contribution in [0, 0.1) is 50.5 Å². The molecule has 0 fully saturated rings. The first-order valence-electron chi connectivity index (χ1n) is 15.6. The number of benzene rings is 4. The summed E-state index contributed by atoms with van der Waals surface area (Å²) in [6.07, 6.45) is 5.45. The molecule has 0 N–H and O–H groups in total. The van der Waals surface area contributed by atoms with Gasteiger partial charge in [0.15, 0.2) is 0 Å². The molecule has 0 saturated heterocycles. The molecule has 8 nitrogen and oxygen atoms in total. The average Bonchev–Trinajstić information content (AvgIpc) is 3.70. The van der Waals surface area contributed by atoms with Crippen molar-refractivity contribution in [2.45, 2.75) is 40.0 Å². The Bertz CT molecular complexity index is 2570. The van der Waals surface area contributed by atoms with E-state index in [1.165, 1.54) is 0 Å². The standard InChI is InChI=1S/C41H29N7O.Pt/c1-25-9-8-10-26(2)40(25)47-23-35(46-24-47)28-16-30(43-6)19-31(17-28)49-38-21-37-33(20-34(38)44-7)32-15-27(22-42)11-12-36(32)48(37)39-18-29(13-14-45-39)41(3,4)5;/h8-16,18-20,23-24H,1-5H3;/q-2;+2. The molecule has 3 heterocycles. The van der Waals surface area contributed by atoms with Gasteiger partial charge in [0.2, 0.25) is 5.69 Å². The minimum absolute atomic E-state index is 0. The van der Waals surface area contributed by atoms with E-state index in [0.717, 1.165) is 38.7 Å². The Morgan fingerprint density at radius 1 is 0.900 bits per heavy atom. The summed E-state index contributed by atoms with van der Waals surface area (Å²) in [5, 5.41) is 11.2. The van der Waals surface area contributed by atoms with Gasteiger partial charge in [-0.05, 0) is 77.9 Å². The number of rotatable bonds is 5. The molecule has 7 aromatic rings. The molecule has 4 aromatic carbocycles. The van der Waals surface area contributed by atoms with Gasteiger partial charge in [0.05, 0.1) is 42.5 Å². The van der Waals surface area contributed by atoms with Gasteiger partial charge in [-0.2, -0.15) is 5.26 Å². The number of aromatic nitrogens is 4. The SMILES string of the molecule is [C-]#[N+]c1cc(Oc2[c-]c3c(cc2[N+]#[C-])c2cc(C#N)ccc2n3-c2cc(C(C)(C)C)ccn2)[c-]c(-c2cn(-c3c(C)cccc3C)cn2)c1.[Pt+2]. The fourth-order valence-corrected chi connectivity index (χ4v) is 6.13. The van der Waals surface area contributed by atoms with Crippen LogP contribution in [0.2, 0.25) is 0 Å². The smallest absolute Gasteiger partial charge is 0.502 e. The predicted octanol–water partition coefficient (Wildman–Crippen LogP) is 10.3. The topological polar surface area (TPSA) is 77.4 Å². The zero-order chi connectivity index (χ0) is 34.4. The molecule has 0 aliphatic rings. The molecule has 0 saturated carbocycles. The van der Waals surface area contributed by atoms with E-state index >= 15 is 0 Å². The van der Waals surface area contributed by atoms with Gasteiger partial charge in [0.25, 0.3) is 0 Å². The summed E-state index contributed by atoms with van der Waals surface area (Å²) >= 11 is 0. The van der Waals surface area contributed by atoms with Crippen LogP contribution in [0.5, 0.6) is 11.5 Å². The van der Waals surface area contributed by atoms with Crippen LogP contribution in [0.15, 0.2) is 85.5 Å². The van der Waals surface area contributed by atoms with Gasteiger partial charge < -0.3 is 13.9 Å². The van der Waals surface area contributed by atoms with Crippen LogP contribution in [0.25, 0.3) is 54.3 Å². The van der Waals surface area contributed by atoms with E-state index in [0.29, 0.717) is 33.8 Å². The van der Waals surface area contributed by atoms with Crippen LogP contribution in [0.1, 0.15) is 43.0 Å². The summed E-state index contributed by atoms with van der Waals surface area (Å²) in [5.74, 6) is 1.12. The number of aryl methyl sites for hydroxylation is 2. The van der Waals surface area contributed by atoms with Crippen LogP contribution in [0.3, 0.4) is 0 Å². The third kappa shape index (κ3) is 6.05. The number of imidazole rings is 1. The first kappa shape index (κ1) is 33.9. The predicted molar refractivity (Wildman–Crippen MR) is 191 cm³/mol. The van der Waals surface area contributed by atoms with E-state index in [2.05, 4.69) is 79.6 Å². The molecule has 0 unspecified atom stereocenters. The maximum Gasteiger partial charge on any atom is 2.00 e. The number of ether oxygens (including phenoxy) is 1. The Hall–Kier alpha value is -6.00. The van der Waals surface area contributed by atoms with Gasteiger partial charge in [-0.15, -0.1) is 23.1 Å². The van der Waals surface area contributed by atoms with E-state index in [1.807, 2.05) is 45.7 Å². The van der Waals surface area contributed by atoms with Gasteiger partial charge in [0.1, 0.15) is 11.5 Å². The van der Waals surface area contributed by atoms with Gasteiger partial charge >= 0.3 is 21.1 Å². The second kappa shape index (κ2) is 13.1. The van der Waals surface area contributed by atoms with E-state index in [1.54, 1.807) is 36.8 Å². The van der Waals surface area contributed by atoms with Crippen molar-refractivity contribution >= 4 is 33.2 Å². The molecule has 0 atom stereocenters. The van der Waals surface area contributed by atoms with Crippen LogP contribution < -0.4 is 4.74 Å². The Morgan fingerprint density at radius 2 is 1.68 bits per heavy atom. The number of hydrogen-bond donors (Lipinski definition) is 0. The third-order valence-corrected chi connectivity index (χ3v) is 8.57. The van der Waals surface area contributed by atoms with Gasteiger partial charge in [-0.1, -0.05) is 62.7 Å². The summed E-state index contributed by atoms with van der Waals surface area (Å²) in [5.41, 5.74) is 8.02. The number of nitriles is 1. The number of nitrogens with zero attached hydrogens (tertiary/aromatic N) is 7. The van der Waals surface area contributed by atoms with Gasteiger partial charge in [0, 0.05) is 23.2 Å². The molecular formula is C41H29N7OPt. The van der Waals surface area contributed by atoms with Crippen molar-refractivity contribution in [2.75, 3.05) is 0 Å². The summed E-state index contributed by atoms with van der Waals surface area (Å²) in [7, 11) is 0. The minimum atomic E-state index is -0.115. The fourth-order valence-electron chi connectivity index (χ4n) is 6.13. The molecule has 0 bridgehead atoms. The minimum Gasteiger partial charge on any atom is -0.502 e. The first-order chi connectivity index (χ1) is 23.6. The number of pyridine rings is 1. The largest absolute Gasteiger partial charge is 2.00 e. The molecule has 3 aromatic heterocycles. The zero-order valence-electron chi connectivity index (χ0n) is 27.9. The van der Waals surface area contributed by atoms with E-state index in [-0.39, 0.29) is 43.7 Å². The average molecular weight is 831 g/mol. The van der Waals surface area contributed by atoms with Crippen molar-refractivity contribution in [3.8, 4) is 40.3 Å². The summed E-state index contributed by atoms with van der Waals surface area (Å²) < 4.78 is 10.3. The second-order valence-corrected chi connectivity index (χ2v) is 12.9. The maximum absolute atomic E-state index is 9.68. The number of hydrogen-bond acceptors (Lipinski definition) is 4. The molecule has 0 radical (unpaired) electrons. The van der Waals surface area contributed by atoms with Gasteiger partial charge in [-0.3, -0.25) is 9.83 Å². The monoisotopic (exact) mass is 830 g/mol. The molecule has 0 aliphatic carbocycles.